The Kier molecular flexibility index (Phi) is 14.0. The van der Waals surface area contributed by atoms with E-state index < -0.39 is 47.7 Å². The van der Waals surface area contributed by atoms with Crippen LogP contribution in [0.2, 0.25) is 0 Å². The number of hydrogen-bond acceptors (Lipinski definition) is 6. The molecule has 4 rings (SSSR count). The van der Waals surface area contributed by atoms with Crippen molar-refractivity contribution in [2.24, 2.45) is 5.92 Å². The van der Waals surface area contributed by atoms with Gasteiger partial charge in [-0.25, -0.2) is 0 Å². The topological polar surface area (TPSA) is 147 Å². The highest BCUT2D eigenvalue weighted by molar-refractivity contribution is 14.1. The molecule has 0 aliphatic carbocycles. The van der Waals surface area contributed by atoms with Gasteiger partial charge in [0.05, 0.1) is 0 Å². The minimum absolute atomic E-state index is 0.174. The van der Waals surface area contributed by atoms with Crippen LogP contribution in [-0.4, -0.2) is 79.8 Å². The van der Waals surface area contributed by atoms with Crippen LogP contribution in [0.3, 0.4) is 0 Å². The molecule has 1 aromatic carbocycles. The van der Waals surface area contributed by atoms with Gasteiger partial charge in [-0.3, -0.25) is 28.8 Å². The number of rotatable bonds is 14. The summed E-state index contributed by atoms with van der Waals surface area (Å²) in [6.45, 7) is 6.64. The zero-order valence-corrected chi connectivity index (χ0v) is 30.6. The summed E-state index contributed by atoms with van der Waals surface area (Å²) in [5.41, 5.74) is 1.15. The molecule has 2 aromatic rings. The van der Waals surface area contributed by atoms with E-state index in [1.807, 2.05) is 49.6 Å². The van der Waals surface area contributed by atoms with Crippen molar-refractivity contribution in [3.63, 3.8) is 0 Å². The van der Waals surface area contributed by atoms with Gasteiger partial charge >= 0.3 is 0 Å². The Morgan fingerprint density at radius 2 is 1.71 bits per heavy atom. The van der Waals surface area contributed by atoms with Crippen LogP contribution in [-0.2, 0) is 30.5 Å². The molecule has 2 aliphatic heterocycles. The number of unbranched alkanes of at least 4 members (excludes halogenated alkanes) is 2. The first kappa shape index (κ1) is 37.5. The fraction of sp³-hybridized carbons (Fsp3) is 0.611. The van der Waals surface area contributed by atoms with Crippen molar-refractivity contribution in [1.82, 2.24) is 25.4 Å². The molecule has 2 unspecified atom stereocenters. The van der Waals surface area contributed by atoms with Crippen LogP contribution in [0.15, 0.2) is 30.5 Å². The number of carbonyl (C=O) groups excluding carboxylic acids is 6. The second-order valence-corrected chi connectivity index (χ2v) is 14.1. The standard InChI is InChI=1S/C36H50IN5O6/c1-4-23(3)30-36(48)42-21-12-11-18-29(42)34(46)38-27(16-8-6-7-14-24(43)5-2)33(45)40-31(35(47)39-30)32(44)26-22-41(20-13-19-37)28-17-10-9-15-25(26)28/h9-10,15,17,22-23,27,29-31H,4-8,11-14,16,18-21H2,1-3H3,(H,38,46)(H,39,47)(H,40,45)/t23?,27-,29+,30-,31?/m0/s1. The van der Waals surface area contributed by atoms with Crippen LogP contribution in [0.5, 0.6) is 0 Å². The maximum atomic E-state index is 14.4. The zero-order chi connectivity index (χ0) is 34.8. The average molecular weight is 776 g/mol. The number of nitrogens with zero attached hydrogens (tertiary/aromatic N) is 2. The molecule has 0 bridgehead atoms. The minimum Gasteiger partial charge on any atom is -0.347 e. The number of benzene rings is 1. The summed E-state index contributed by atoms with van der Waals surface area (Å²) in [6, 6.07) is 3.07. The molecule has 5 atom stereocenters. The zero-order valence-electron chi connectivity index (χ0n) is 28.4. The van der Waals surface area contributed by atoms with Crippen molar-refractivity contribution in [3.05, 3.63) is 36.0 Å². The molecule has 3 N–H and O–H groups in total. The fourth-order valence-electron chi connectivity index (χ4n) is 6.63. The molecule has 3 heterocycles. The number of ketones is 2. The van der Waals surface area contributed by atoms with Crippen LogP contribution < -0.4 is 16.0 Å². The van der Waals surface area contributed by atoms with Gasteiger partial charge in [0.15, 0.2) is 11.8 Å². The quantitative estimate of drug-likeness (QED) is 0.0849. The van der Waals surface area contributed by atoms with Crippen LogP contribution in [0.1, 0.15) is 102 Å². The molecule has 0 spiro atoms. The molecule has 1 aromatic heterocycles. The van der Waals surface area contributed by atoms with Gasteiger partial charge in [0.25, 0.3) is 5.91 Å². The second-order valence-electron chi connectivity index (χ2n) is 13.1. The highest BCUT2D eigenvalue weighted by Crippen LogP contribution is 2.25. The Balaban J connectivity index is 1.72. The lowest BCUT2D eigenvalue weighted by molar-refractivity contribution is -0.147. The first-order valence-corrected chi connectivity index (χ1v) is 19.0. The SMILES string of the molecule is CCC(=O)CCCCC[C@@H]1NC(=O)[C@H]2CCCCN2C(=O)[C@H](C(C)CC)NC(=O)C(C(=O)c2cn(CCCI)c3ccccc23)NC1=O. The predicted molar refractivity (Wildman–Crippen MR) is 193 cm³/mol. The van der Waals surface area contributed by atoms with Crippen molar-refractivity contribution in [3.8, 4) is 0 Å². The summed E-state index contributed by atoms with van der Waals surface area (Å²) < 4.78 is 2.92. The van der Waals surface area contributed by atoms with Crippen LogP contribution >= 0.6 is 22.6 Å². The average Bonchev–Trinajstić information content (AvgIpc) is 3.48. The fourth-order valence-corrected chi connectivity index (χ4v) is 6.98. The number of alkyl halides is 1. The minimum atomic E-state index is -1.63. The maximum absolute atomic E-state index is 14.4. The molecule has 4 amide bonds. The van der Waals surface area contributed by atoms with E-state index in [0.717, 1.165) is 29.2 Å². The molecular weight excluding hydrogens is 725 g/mol. The van der Waals surface area contributed by atoms with E-state index in [2.05, 4.69) is 38.5 Å². The molecule has 48 heavy (non-hydrogen) atoms. The van der Waals surface area contributed by atoms with Gasteiger partial charge in [-0.15, -0.1) is 0 Å². The summed E-state index contributed by atoms with van der Waals surface area (Å²) in [5, 5.41) is 9.10. The Morgan fingerprint density at radius 1 is 0.938 bits per heavy atom. The Bertz CT molecular complexity index is 1490. The van der Waals surface area contributed by atoms with Crippen molar-refractivity contribution in [2.45, 2.75) is 122 Å². The summed E-state index contributed by atoms with van der Waals surface area (Å²) in [7, 11) is 0. The number of amides is 4. The largest absolute Gasteiger partial charge is 0.347 e. The van der Waals surface area contributed by atoms with Crippen LogP contribution in [0.4, 0.5) is 0 Å². The van der Waals surface area contributed by atoms with Gasteiger partial charge in [-0.1, -0.05) is 80.8 Å². The second kappa shape index (κ2) is 17.9. The number of Topliss-reactive ketones (excluding diaryl/α,β-unsaturated/α-hetero) is 2. The maximum Gasteiger partial charge on any atom is 0.251 e. The van der Waals surface area contributed by atoms with Gasteiger partial charge in [-0.2, -0.15) is 0 Å². The molecule has 0 radical (unpaired) electrons. The number of aryl methyl sites for hydroxylation is 1. The molecule has 262 valence electrons. The Morgan fingerprint density at radius 3 is 2.44 bits per heavy atom. The number of aromatic nitrogens is 1. The lowest BCUT2D eigenvalue weighted by Crippen LogP contribution is -2.65. The van der Waals surface area contributed by atoms with E-state index in [4.69, 9.17) is 0 Å². The van der Waals surface area contributed by atoms with E-state index in [-0.39, 0.29) is 24.0 Å². The van der Waals surface area contributed by atoms with Gasteiger partial charge in [0, 0.05) is 53.0 Å². The third kappa shape index (κ3) is 9.03. The molecule has 0 saturated carbocycles. The van der Waals surface area contributed by atoms with Crippen LogP contribution in [0, 0.1) is 5.92 Å². The molecular formula is C36H50IN5O6. The molecule has 12 heteroatoms. The first-order chi connectivity index (χ1) is 23.1. The van der Waals surface area contributed by atoms with Crippen molar-refractivity contribution in [2.75, 3.05) is 11.0 Å². The number of hydrogen-bond donors (Lipinski definition) is 3. The van der Waals surface area contributed by atoms with E-state index >= 15 is 0 Å². The summed E-state index contributed by atoms with van der Waals surface area (Å²) in [4.78, 5) is 83.8. The lowest BCUT2D eigenvalue weighted by atomic mass is 9.93. The van der Waals surface area contributed by atoms with E-state index in [1.54, 1.807) is 11.1 Å². The predicted octanol–water partition coefficient (Wildman–Crippen LogP) is 4.47. The molecule has 2 aliphatic rings. The summed E-state index contributed by atoms with van der Waals surface area (Å²) in [6.07, 6.45) is 8.21. The highest BCUT2D eigenvalue weighted by Gasteiger charge is 2.42. The van der Waals surface area contributed by atoms with Gasteiger partial charge < -0.3 is 25.4 Å². The number of fused-ring (bicyclic) bond motifs is 2. The van der Waals surface area contributed by atoms with Gasteiger partial charge in [0.2, 0.25) is 17.7 Å². The van der Waals surface area contributed by atoms with Crippen molar-refractivity contribution < 1.29 is 28.8 Å². The third-order valence-electron chi connectivity index (χ3n) is 9.74. The number of piperidine rings is 1. The highest BCUT2D eigenvalue weighted by atomic mass is 127. The number of nitrogens with one attached hydrogen (secondary N) is 3. The number of para-hydroxylation sites is 1. The smallest absolute Gasteiger partial charge is 0.251 e. The molecule has 11 nitrogen and oxygen atoms in total. The molecule has 2 fully saturated rings. The number of halogens is 1. The Hall–Kier alpha value is -3.29. The van der Waals surface area contributed by atoms with E-state index in [9.17, 15) is 28.8 Å². The van der Waals surface area contributed by atoms with Crippen molar-refractivity contribution in [1.29, 1.82) is 0 Å². The van der Waals surface area contributed by atoms with Crippen LogP contribution in [0.25, 0.3) is 10.9 Å². The monoisotopic (exact) mass is 775 g/mol. The summed E-state index contributed by atoms with van der Waals surface area (Å²) in [5.74, 6) is -2.87. The number of carbonyl (C=O) groups is 6. The van der Waals surface area contributed by atoms with E-state index in [0.29, 0.717) is 69.0 Å². The van der Waals surface area contributed by atoms with Crippen molar-refractivity contribution >= 4 is 68.7 Å². The normalized spacial score (nSPS) is 23.0. The first-order valence-electron chi connectivity index (χ1n) is 17.5. The lowest BCUT2D eigenvalue weighted by Gasteiger charge is -2.39. The molecule has 2 saturated heterocycles. The van der Waals surface area contributed by atoms with Gasteiger partial charge in [0.1, 0.15) is 23.9 Å². The third-order valence-corrected chi connectivity index (χ3v) is 10.5. The van der Waals surface area contributed by atoms with Gasteiger partial charge in [-0.05, 0) is 50.5 Å². The Labute approximate surface area is 296 Å². The summed E-state index contributed by atoms with van der Waals surface area (Å²) >= 11 is 2.31. The van der Waals surface area contributed by atoms with E-state index in [1.165, 1.54) is 0 Å².